The smallest absolute Gasteiger partial charge is 0.218 e. The molecule has 0 aromatic carbocycles. The number of hydrogen-bond acceptors (Lipinski definition) is 5. The largest absolute Gasteiger partial charge is 0.481 e. The highest BCUT2D eigenvalue weighted by Gasteiger charge is 2.46. The molecule has 5 nitrogen and oxygen atoms in total. The summed E-state index contributed by atoms with van der Waals surface area (Å²) < 4.78 is 5.13. The zero-order valence-corrected chi connectivity index (χ0v) is 10.8. The Morgan fingerprint density at radius 3 is 2.71 bits per heavy atom. The summed E-state index contributed by atoms with van der Waals surface area (Å²) in [6.07, 6.45) is 0.971. The van der Waals surface area contributed by atoms with Gasteiger partial charge in [-0.2, -0.15) is 4.98 Å². The van der Waals surface area contributed by atoms with Crippen LogP contribution in [-0.2, 0) is 0 Å². The lowest BCUT2D eigenvalue weighted by Crippen LogP contribution is -2.61. The van der Waals surface area contributed by atoms with Gasteiger partial charge >= 0.3 is 0 Å². The third kappa shape index (κ3) is 2.20. The second-order valence-electron chi connectivity index (χ2n) is 5.20. The van der Waals surface area contributed by atoms with Gasteiger partial charge in [0.05, 0.1) is 7.11 Å². The van der Waals surface area contributed by atoms with Crippen molar-refractivity contribution in [1.29, 1.82) is 0 Å². The van der Waals surface area contributed by atoms with Gasteiger partial charge in [-0.1, -0.05) is 13.8 Å². The number of aryl methyl sites for hydroxylation is 1. The number of hydrogen-bond donors (Lipinski definition) is 2. The molecule has 0 amide bonds. The number of nitrogens with two attached hydrogens (primary N) is 1. The molecule has 1 heterocycles. The molecule has 1 aliphatic rings. The Hall–Kier alpha value is -1.36. The first-order valence-electron chi connectivity index (χ1n) is 5.85. The number of ether oxygens (including phenoxy) is 1. The minimum atomic E-state index is 0.103. The van der Waals surface area contributed by atoms with Gasteiger partial charge in [0.15, 0.2) is 0 Å². The molecule has 1 saturated carbocycles. The summed E-state index contributed by atoms with van der Waals surface area (Å²) >= 11 is 0. The van der Waals surface area contributed by atoms with Gasteiger partial charge in [0.2, 0.25) is 5.88 Å². The van der Waals surface area contributed by atoms with Crippen molar-refractivity contribution < 1.29 is 4.74 Å². The van der Waals surface area contributed by atoms with Gasteiger partial charge in [-0.3, -0.25) is 0 Å². The summed E-state index contributed by atoms with van der Waals surface area (Å²) in [6.45, 7) is 6.19. The highest BCUT2D eigenvalue weighted by atomic mass is 16.5. The predicted octanol–water partition coefficient (Wildman–Crippen LogP) is 1.33. The molecule has 17 heavy (non-hydrogen) atoms. The Morgan fingerprint density at radius 2 is 2.18 bits per heavy atom. The Balaban J connectivity index is 2.12. The van der Waals surface area contributed by atoms with E-state index < -0.39 is 0 Å². The lowest BCUT2D eigenvalue weighted by molar-refractivity contribution is 0.117. The van der Waals surface area contributed by atoms with Gasteiger partial charge in [-0.25, -0.2) is 4.98 Å². The Kier molecular flexibility index (Phi) is 2.95. The van der Waals surface area contributed by atoms with Gasteiger partial charge in [-0.05, 0) is 13.3 Å². The maximum atomic E-state index is 5.99. The van der Waals surface area contributed by atoms with Gasteiger partial charge in [0.25, 0.3) is 0 Å². The number of nitrogens with one attached hydrogen (secondary N) is 1. The normalized spacial score (nSPS) is 26.2. The zero-order valence-electron chi connectivity index (χ0n) is 10.8. The van der Waals surface area contributed by atoms with Crippen molar-refractivity contribution in [1.82, 2.24) is 9.97 Å². The highest BCUT2D eigenvalue weighted by Crippen LogP contribution is 2.40. The van der Waals surface area contributed by atoms with Crippen LogP contribution in [0.3, 0.4) is 0 Å². The summed E-state index contributed by atoms with van der Waals surface area (Å²) in [5.74, 6) is 2.09. The van der Waals surface area contributed by atoms with Crippen LogP contribution in [0.2, 0.25) is 0 Å². The van der Waals surface area contributed by atoms with E-state index >= 15 is 0 Å². The van der Waals surface area contributed by atoms with Crippen molar-refractivity contribution in [3.63, 3.8) is 0 Å². The van der Waals surface area contributed by atoms with E-state index in [1.54, 1.807) is 7.11 Å². The SMILES string of the molecule is COc1cc(NC2CC(N)C2(C)C)nc(C)n1. The van der Waals surface area contributed by atoms with E-state index in [1.165, 1.54) is 0 Å². The molecule has 0 bridgehead atoms. The van der Waals surface area contributed by atoms with Crippen molar-refractivity contribution >= 4 is 5.82 Å². The maximum absolute atomic E-state index is 5.99. The summed E-state index contributed by atoms with van der Waals surface area (Å²) in [6, 6.07) is 2.42. The van der Waals surface area contributed by atoms with E-state index in [0.29, 0.717) is 17.7 Å². The quantitative estimate of drug-likeness (QED) is 0.828. The number of methoxy groups -OCH3 is 1. The van der Waals surface area contributed by atoms with E-state index in [4.69, 9.17) is 10.5 Å². The predicted molar refractivity (Wildman–Crippen MR) is 67.1 cm³/mol. The monoisotopic (exact) mass is 236 g/mol. The molecule has 94 valence electrons. The minimum absolute atomic E-state index is 0.103. The van der Waals surface area contributed by atoms with E-state index in [9.17, 15) is 0 Å². The van der Waals surface area contributed by atoms with E-state index in [0.717, 1.165) is 12.2 Å². The van der Waals surface area contributed by atoms with Crippen LogP contribution in [-0.4, -0.2) is 29.2 Å². The van der Waals surface area contributed by atoms with Gasteiger partial charge in [-0.15, -0.1) is 0 Å². The van der Waals surface area contributed by atoms with Crippen LogP contribution in [0.4, 0.5) is 5.82 Å². The molecule has 5 heteroatoms. The Labute approximate surface area is 102 Å². The molecule has 0 spiro atoms. The molecule has 1 aromatic rings. The summed E-state index contributed by atoms with van der Waals surface area (Å²) in [5, 5.41) is 3.40. The Bertz CT molecular complexity index is 419. The third-order valence-corrected chi connectivity index (χ3v) is 3.69. The van der Waals surface area contributed by atoms with Crippen LogP contribution in [0, 0.1) is 12.3 Å². The average Bonchev–Trinajstić information content (AvgIpc) is 2.28. The summed E-state index contributed by atoms with van der Waals surface area (Å²) in [7, 11) is 1.61. The Morgan fingerprint density at radius 1 is 1.47 bits per heavy atom. The number of rotatable bonds is 3. The molecule has 0 radical (unpaired) electrons. The second kappa shape index (κ2) is 4.14. The molecule has 2 atom stereocenters. The second-order valence-corrected chi connectivity index (χ2v) is 5.20. The first-order chi connectivity index (χ1) is 7.93. The van der Waals surface area contributed by atoms with Crippen LogP contribution in [0.5, 0.6) is 5.88 Å². The molecular formula is C12H20N4O. The number of anilines is 1. The molecule has 1 fully saturated rings. The van der Waals surface area contributed by atoms with Crippen LogP contribution < -0.4 is 15.8 Å². The summed E-state index contributed by atoms with van der Waals surface area (Å²) in [4.78, 5) is 8.51. The van der Waals surface area contributed by atoms with Gasteiger partial charge in [0, 0.05) is 23.6 Å². The molecule has 0 saturated heterocycles. The molecule has 2 rings (SSSR count). The summed E-state index contributed by atoms with van der Waals surface area (Å²) in [5.41, 5.74) is 6.09. The standard InChI is InChI=1S/C12H20N4O/c1-7-14-10(6-11(15-7)17-4)16-9-5-8(13)12(9,2)3/h6,8-9H,5,13H2,1-4H3,(H,14,15,16). The van der Waals surface area contributed by atoms with Crippen LogP contribution >= 0.6 is 0 Å². The van der Waals surface area contributed by atoms with E-state index in [2.05, 4.69) is 29.1 Å². The maximum Gasteiger partial charge on any atom is 0.218 e. The first kappa shape index (κ1) is 12.1. The van der Waals surface area contributed by atoms with Crippen LogP contribution in [0.25, 0.3) is 0 Å². The fraction of sp³-hybridized carbons (Fsp3) is 0.667. The lowest BCUT2D eigenvalue weighted by Gasteiger charge is -2.50. The van der Waals surface area contributed by atoms with Crippen molar-refractivity contribution in [2.24, 2.45) is 11.1 Å². The van der Waals surface area contributed by atoms with Crippen LogP contribution in [0.15, 0.2) is 6.07 Å². The fourth-order valence-electron chi connectivity index (χ4n) is 2.10. The molecular weight excluding hydrogens is 216 g/mol. The van der Waals surface area contributed by atoms with E-state index in [-0.39, 0.29) is 11.5 Å². The molecule has 2 unspecified atom stereocenters. The average molecular weight is 236 g/mol. The molecule has 1 aliphatic carbocycles. The fourth-order valence-corrected chi connectivity index (χ4v) is 2.10. The van der Waals surface area contributed by atoms with Crippen molar-refractivity contribution in [2.75, 3.05) is 12.4 Å². The van der Waals surface area contributed by atoms with Crippen LogP contribution in [0.1, 0.15) is 26.1 Å². The van der Waals surface area contributed by atoms with Crippen molar-refractivity contribution in [3.8, 4) is 5.88 Å². The minimum Gasteiger partial charge on any atom is -0.481 e. The third-order valence-electron chi connectivity index (χ3n) is 3.69. The lowest BCUT2D eigenvalue weighted by atomic mass is 9.63. The highest BCUT2D eigenvalue weighted by molar-refractivity contribution is 5.41. The molecule has 0 aliphatic heterocycles. The number of aromatic nitrogens is 2. The zero-order chi connectivity index (χ0) is 12.6. The first-order valence-corrected chi connectivity index (χ1v) is 5.85. The van der Waals surface area contributed by atoms with Gasteiger partial charge < -0.3 is 15.8 Å². The molecule has 3 N–H and O–H groups in total. The van der Waals surface area contributed by atoms with Gasteiger partial charge in [0.1, 0.15) is 11.6 Å². The van der Waals surface area contributed by atoms with Crippen molar-refractivity contribution in [2.45, 2.75) is 39.3 Å². The van der Waals surface area contributed by atoms with Crippen molar-refractivity contribution in [3.05, 3.63) is 11.9 Å². The molecule has 1 aromatic heterocycles. The number of nitrogens with zero attached hydrogens (tertiary/aromatic N) is 2. The van der Waals surface area contributed by atoms with E-state index in [1.807, 2.05) is 13.0 Å². The topological polar surface area (TPSA) is 73.1 Å².